The monoisotopic (exact) mass is 372 g/mol. The van der Waals surface area contributed by atoms with Gasteiger partial charge in [0.25, 0.3) is 11.6 Å². The molecule has 132 valence electrons. The van der Waals surface area contributed by atoms with E-state index < -0.39 is 10.8 Å². The van der Waals surface area contributed by atoms with Crippen LogP contribution in [0.15, 0.2) is 53.6 Å². The van der Waals surface area contributed by atoms with Crippen LogP contribution in [0.4, 0.5) is 17.1 Å². The number of nitro benzene ring substituents is 1. The normalized spacial score (nSPS) is 14.0. The molecule has 2 aromatic carbocycles. The zero-order valence-corrected chi connectivity index (χ0v) is 14.1. The Kier molecular flexibility index (Phi) is 4.94. The average Bonchev–Trinajstić information content (AvgIpc) is 2.64. The fraction of sp³-hybridized carbons (Fsp3) is 0.118. The summed E-state index contributed by atoms with van der Waals surface area (Å²) in [5.41, 5.74) is 0.629. The predicted octanol–water partition coefficient (Wildman–Crippen LogP) is 3.37. The number of hydrazone groups is 1. The lowest BCUT2D eigenvalue weighted by Gasteiger charge is -2.23. The molecule has 0 radical (unpaired) electrons. The third kappa shape index (κ3) is 3.70. The van der Waals surface area contributed by atoms with Gasteiger partial charge in [-0.1, -0.05) is 29.8 Å². The second-order valence-corrected chi connectivity index (χ2v) is 5.87. The van der Waals surface area contributed by atoms with E-state index in [1.807, 2.05) is 6.07 Å². The first-order chi connectivity index (χ1) is 12.5. The van der Waals surface area contributed by atoms with Gasteiger partial charge in [-0.25, -0.2) is 5.01 Å². The van der Waals surface area contributed by atoms with Crippen LogP contribution in [0.5, 0.6) is 0 Å². The van der Waals surface area contributed by atoms with Gasteiger partial charge in [-0.3, -0.25) is 19.7 Å². The van der Waals surface area contributed by atoms with Crippen LogP contribution in [-0.4, -0.2) is 22.4 Å². The standard InChI is InChI=1S/C17H13ClN4O4/c18-13-7-6-11(10-15(13)22(25)26)19-17(24)14-8-9-16(23)21(20-14)12-4-2-1-3-5-12/h1-7,10H,8-9H2,(H,19,24). The molecular weight excluding hydrogens is 360 g/mol. The second-order valence-electron chi connectivity index (χ2n) is 5.47. The van der Waals surface area contributed by atoms with Crippen molar-refractivity contribution in [3.63, 3.8) is 0 Å². The molecule has 1 N–H and O–H groups in total. The largest absolute Gasteiger partial charge is 0.321 e. The van der Waals surface area contributed by atoms with Crippen molar-refractivity contribution in [1.29, 1.82) is 0 Å². The molecule has 0 unspecified atom stereocenters. The number of para-hydroxylation sites is 1. The Morgan fingerprint density at radius 1 is 1.19 bits per heavy atom. The van der Waals surface area contributed by atoms with Gasteiger partial charge in [-0.15, -0.1) is 0 Å². The Hall–Kier alpha value is -3.26. The molecule has 8 nitrogen and oxygen atoms in total. The third-order valence-electron chi connectivity index (χ3n) is 3.70. The summed E-state index contributed by atoms with van der Waals surface area (Å²) in [4.78, 5) is 34.8. The van der Waals surface area contributed by atoms with E-state index >= 15 is 0 Å². The highest BCUT2D eigenvalue weighted by atomic mass is 35.5. The van der Waals surface area contributed by atoms with Crippen molar-refractivity contribution in [3.05, 3.63) is 63.7 Å². The van der Waals surface area contributed by atoms with Crippen molar-refractivity contribution < 1.29 is 14.5 Å². The number of carbonyl (C=O) groups is 2. The second kappa shape index (κ2) is 7.32. The van der Waals surface area contributed by atoms with Crippen molar-refractivity contribution in [1.82, 2.24) is 0 Å². The zero-order valence-electron chi connectivity index (χ0n) is 13.4. The van der Waals surface area contributed by atoms with Gasteiger partial charge >= 0.3 is 0 Å². The molecule has 0 bridgehead atoms. The minimum Gasteiger partial charge on any atom is -0.321 e. The maximum Gasteiger partial charge on any atom is 0.289 e. The lowest BCUT2D eigenvalue weighted by atomic mass is 10.1. The SMILES string of the molecule is O=C(Nc1ccc(Cl)c([N+](=O)[O-])c1)C1=NN(c2ccccc2)C(=O)CC1. The summed E-state index contributed by atoms with van der Waals surface area (Å²) in [7, 11) is 0. The van der Waals surface area contributed by atoms with Crippen molar-refractivity contribution in [2.24, 2.45) is 5.10 Å². The van der Waals surface area contributed by atoms with Crippen LogP contribution in [0, 0.1) is 10.1 Å². The molecule has 0 saturated heterocycles. The number of nitrogens with one attached hydrogen (secondary N) is 1. The zero-order chi connectivity index (χ0) is 18.7. The van der Waals surface area contributed by atoms with Crippen LogP contribution in [0.25, 0.3) is 0 Å². The van der Waals surface area contributed by atoms with E-state index in [9.17, 15) is 19.7 Å². The lowest BCUT2D eigenvalue weighted by molar-refractivity contribution is -0.384. The van der Waals surface area contributed by atoms with E-state index in [1.165, 1.54) is 23.2 Å². The topological polar surface area (TPSA) is 105 Å². The summed E-state index contributed by atoms with van der Waals surface area (Å²) < 4.78 is 0. The minimum atomic E-state index is -0.633. The van der Waals surface area contributed by atoms with E-state index in [0.29, 0.717) is 5.69 Å². The molecule has 9 heteroatoms. The molecule has 2 aromatic rings. The molecule has 2 amide bonds. The van der Waals surface area contributed by atoms with Gasteiger partial charge in [0.2, 0.25) is 5.91 Å². The van der Waals surface area contributed by atoms with E-state index in [2.05, 4.69) is 10.4 Å². The molecule has 26 heavy (non-hydrogen) atoms. The first-order valence-electron chi connectivity index (χ1n) is 7.66. The van der Waals surface area contributed by atoms with E-state index in [-0.39, 0.29) is 40.9 Å². The molecule has 0 atom stereocenters. The fourth-order valence-electron chi connectivity index (χ4n) is 2.42. The number of halogens is 1. The minimum absolute atomic E-state index is 0.0242. The number of benzene rings is 2. The summed E-state index contributed by atoms with van der Waals surface area (Å²) in [6.45, 7) is 0. The van der Waals surface area contributed by atoms with Gasteiger partial charge in [-0.05, 0) is 24.3 Å². The van der Waals surface area contributed by atoms with Crippen molar-refractivity contribution in [2.45, 2.75) is 12.8 Å². The molecule has 0 saturated carbocycles. The van der Waals surface area contributed by atoms with Gasteiger partial charge < -0.3 is 5.32 Å². The van der Waals surface area contributed by atoms with Gasteiger partial charge in [0.15, 0.2) is 0 Å². The Morgan fingerprint density at radius 3 is 2.62 bits per heavy atom. The van der Waals surface area contributed by atoms with Crippen LogP contribution >= 0.6 is 11.6 Å². The maximum atomic E-state index is 12.4. The number of hydrogen-bond donors (Lipinski definition) is 1. The number of hydrogen-bond acceptors (Lipinski definition) is 5. The summed E-state index contributed by atoms with van der Waals surface area (Å²) >= 11 is 5.76. The van der Waals surface area contributed by atoms with Gasteiger partial charge in [0.05, 0.1) is 10.6 Å². The average molecular weight is 373 g/mol. The van der Waals surface area contributed by atoms with Crippen LogP contribution in [0.2, 0.25) is 5.02 Å². The molecule has 1 aliphatic rings. The van der Waals surface area contributed by atoms with Gasteiger partial charge in [0, 0.05) is 24.6 Å². The number of nitro groups is 1. The van der Waals surface area contributed by atoms with Gasteiger partial charge in [0.1, 0.15) is 10.7 Å². The molecular formula is C17H13ClN4O4. The lowest BCUT2D eigenvalue weighted by Crippen LogP contribution is -2.36. The molecule has 3 rings (SSSR count). The van der Waals surface area contributed by atoms with Crippen LogP contribution < -0.4 is 10.3 Å². The molecule has 0 aliphatic carbocycles. The Labute approximate surface area is 153 Å². The van der Waals surface area contributed by atoms with Crippen molar-refractivity contribution in [3.8, 4) is 0 Å². The van der Waals surface area contributed by atoms with Crippen LogP contribution in [0.3, 0.4) is 0 Å². The molecule has 0 fully saturated rings. The van der Waals surface area contributed by atoms with E-state index in [4.69, 9.17) is 11.6 Å². The quantitative estimate of drug-likeness (QED) is 0.656. The number of anilines is 2. The summed E-state index contributed by atoms with van der Waals surface area (Å²) in [5, 5.41) is 18.8. The molecule has 1 aliphatic heterocycles. The highest BCUT2D eigenvalue weighted by Crippen LogP contribution is 2.27. The van der Waals surface area contributed by atoms with Crippen LogP contribution in [-0.2, 0) is 9.59 Å². The third-order valence-corrected chi connectivity index (χ3v) is 4.02. The summed E-state index contributed by atoms with van der Waals surface area (Å²) in [6.07, 6.45) is 0.325. The number of amides is 2. The summed E-state index contributed by atoms with van der Waals surface area (Å²) in [6, 6.07) is 12.7. The van der Waals surface area contributed by atoms with E-state index in [1.54, 1.807) is 24.3 Å². The van der Waals surface area contributed by atoms with Gasteiger partial charge in [-0.2, -0.15) is 5.10 Å². The fourth-order valence-corrected chi connectivity index (χ4v) is 2.61. The molecule has 1 heterocycles. The smallest absolute Gasteiger partial charge is 0.289 e. The molecule has 0 aromatic heterocycles. The van der Waals surface area contributed by atoms with Crippen molar-refractivity contribution in [2.75, 3.05) is 10.3 Å². The number of nitrogens with zero attached hydrogens (tertiary/aromatic N) is 3. The first-order valence-corrected chi connectivity index (χ1v) is 8.04. The predicted molar refractivity (Wildman–Crippen MR) is 97.3 cm³/mol. The summed E-state index contributed by atoms with van der Waals surface area (Å²) in [5.74, 6) is -0.745. The van der Waals surface area contributed by atoms with Crippen molar-refractivity contribution >= 4 is 46.2 Å². The Morgan fingerprint density at radius 2 is 1.92 bits per heavy atom. The highest BCUT2D eigenvalue weighted by molar-refractivity contribution is 6.44. The molecule has 0 spiro atoms. The van der Waals surface area contributed by atoms with E-state index in [0.717, 1.165) is 0 Å². The highest BCUT2D eigenvalue weighted by Gasteiger charge is 2.26. The first kappa shape index (κ1) is 17.6. The Balaban J connectivity index is 1.82. The Bertz CT molecular complexity index is 914. The van der Waals surface area contributed by atoms with Crippen LogP contribution in [0.1, 0.15) is 12.8 Å². The number of carbonyl (C=O) groups excluding carboxylic acids is 2. The number of rotatable bonds is 4. The maximum absolute atomic E-state index is 12.4.